The summed E-state index contributed by atoms with van der Waals surface area (Å²) in [6.45, 7) is 3.52. The molecule has 0 fully saturated rings. The van der Waals surface area contributed by atoms with Crippen LogP contribution in [-0.2, 0) is 11.0 Å². The fourth-order valence-electron chi connectivity index (χ4n) is 2.36. The number of anilines is 1. The molecule has 0 saturated carbocycles. The van der Waals surface area contributed by atoms with Gasteiger partial charge >= 0.3 is 6.18 Å². The van der Waals surface area contributed by atoms with Crippen LogP contribution in [0.2, 0.25) is 0 Å². The Kier molecular flexibility index (Phi) is 6.64. The van der Waals surface area contributed by atoms with E-state index in [1.165, 1.54) is 12.1 Å². The summed E-state index contributed by atoms with van der Waals surface area (Å²) in [5.41, 5.74) is -0.206. The van der Waals surface area contributed by atoms with Gasteiger partial charge in [-0.15, -0.1) is 0 Å². The van der Waals surface area contributed by atoms with Crippen LogP contribution in [0, 0.1) is 5.92 Å². The summed E-state index contributed by atoms with van der Waals surface area (Å²) >= 11 is 3.28. The van der Waals surface area contributed by atoms with Crippen LogP contribution in [0.15, 0.2) is 53.0 Å². The zero-order valence-electron chi connectivity index (χ0n) is 14.6. The maximum absolute atomic E-state index is 12.6. The van der Waals surface area contributed by atoms with E-state index >= 15 is 0 Å². The Labute approximate surface area is 163 Å². The molecule has 2 amide bonds. The van der Waals surface area contributed by atoms with Crippen LogP contribution in [0.25, 0.3) is 0 Å². The van der Waals surface area contributed by atoms with Crippen molar-refractivity contribution in [3.8, 4) is 0 Å². The third-order valence-corrected chi connectivity index (χ3v) is 4.53. The standard InChI is InChI=1S/C19H18BrF3N2O2/c1-11(2)16(25-17(26)14-5-3-4-6-15(14)20)18(27)24-13-9-7-12(8-10-13)19(21,22)23/h3-11,16H,1-2H3,(H,24,27)(H,25,26)/t16-/m0/s1. The molecule has 2 aromatic carbocycles. The van der Waals surface area contributed by atoms with Crippen molar-refractivity contribution < 1.29 is 22.8 Å². The highest BCUT2D eigenvalue weighted by Crippen LogP contribution is 2.29. The molecular formula is C19H18BrF3N2O2. The Balaban J connectivity index is 2.11. The Morgan fingerprint density at radius 2 is 1.59 bits per heavy atom. The molecule has 2 N–H and O–H groups in total. The lowest BCUT2D eigenvalue weighted by Gasteiger charge is -2.22. The topological polar surface area (TPSA) is 58.2 Å². The van der Waals surface area contributed by atoms with Crippen LogP contribution in [-0.4, -0.2) is 17.9 Å². The molecule has 8 heteroatoms. The minimum atomic E-state index is -4.44. The van der Waals surface area contributed by atoms with Gasteiger partial charge in [0.1, 0.15) is 6.04 Å². The van der Waals surface area contributed by atoms with Crippen molar-refractivity contribution in [1.29, 1.82) is 0 Å². The van der Waals surface area contributed by atoms with Gasteiger partial charge in [-0.05, 0) is 58.2 Å². The van der Waals surface area contributed by atoms with E-state index in [9.17, 15) is 22.8 Å². The zero-order valence-corrected chi connectivity index (χ0v) is 16.2. The first-order valence-corrected chi connectivity index (χ1v) is 8.92. The van der Waals surface area contributed by atoms with Crippen molar-refractivity contribution in [1.82, 2.24) is 5.32 Å². The number of hydrogen-bond acceptors (Lipinski definition) is 2. The second-order valence-corrected chi connectivity index (χ2v) is 7.09. The van der Waals surface area contributed by atoms with E-state index < -0.39 is 29.6 Å². The van der Waals surface area contributed by atoms with Gasteiger partial charge in [0.15, 0.2) is 0 Å². The average molecular weight is 443 g/mol. The van der Waals surface area contributed by atoms with Crippen LogP contribution in [0.5, 0.6) is 0 Å². The second kappa shape index (κ2) is 8.56. The second-order valence-electron chi connectivity index (χ2n) is 6.24. The largest absolute Gasteiger partial charge is 0.416 e. The molecule has 1 atom stereocenters. The van der Waals surface area contributed by atoms with Crippen LogP contribution >= 0.6 is 15.9 Å². The van der Waals surface area contributed by atoms with E-state index in [2.05, 4.69) is 26.6 Å². The first-order valence-electron chi connectivity index (χ1n) is 8.13. The third-order valence-electron chi connectivity index (χ3n) is 3.83. The SMILES string of the molecule is CC(C)[C@H](NC(=O)c1ccccc1Br)C(=O)Nc1ccc(C(F)(F)F)cc1. The molecule has 0 aliphatic heterocycles. The third kappa shape index (κ3) is 5.56. The molecule has 0 bridgehead atoms. The van der Waals surface area contributed by atoms with Gasteiger partial charge in [-0.2, -0.15) is 13.2 Å². The number of amides is 2. The van der Waals surface area contributed by atoms with Crippen LogP contribution in [0.3, 0.4) is 0 Å². The molecule has 2 aromatic rings. The summed E-state index contributed by atoms with van der Waals surface area (Å²) in [5.74, 6) is -1.17. The molecule has 4 nitrogen and oxygen atoms in total. The Morgan fingerprint density at radius 3 is 2.11 bits per heavy atom. The predicted molar refractivity (Wildman–Crippen MR) is 100 cm³/mol. The molecule has 0 heterocycles. The van der Waals surface area contributed by atoms with Gasteiger partial charge in [0.25, 0.3) is 5.91 Å². The number of nitrogens with one attached hydrogen (secondary N) is 2. The van der Waals surface area contributed by atoms with Crippen molar-refractivity contribution in [2.75, 3.05) is 5.32 Å². The normalized spacial score (nSPS) is 12.6. The first-order chi connectivity index (χ1) is 12.6. The summed E-state index contributed by atoms with van der Waals surface area (Å²) < 4.78 is 38.4. The maximum Gasteiger partial charge on any atom is 0.416 e. The summed E-state index contributed by atoms with van der Waals surface area (Å²) in [6.07, 6.45) is -4.44. The molecule has 27 heavy (non-hydrogen) atoms. The van der Waals surface area contributed by atoms with Crippen LogP contribution < -0.4 is 10.6 Å². The fraction of sp³-hybridized carbons (Fsp3) is 0.263. The molecule has 0 spiro atoms. The fourth-order valence-corrected chi connectivity index (χ4v) is 2.83. The quantitative estimate of drug-likeness (QED) is 0.694. The van der Waals surface area contributed by atoms with E-state index in [0.29, 0.717) is 10.0 Å². The molecule has 0 radical (unpaired) electrons. The predicted octanol–water partition coefficient (Wildman–Crippen LogP) is 4.86. The number of halogens is 4. The smallest absolute Gasteiger partial charge is 0.340 e. The number of carbonyl (C=O) groups excluding carboxylic acids is 2. The van der Waals surface area contributed by atoms with Crippen molar-refractivity contribution in [2.24, 2.45) is 5.92 Å². The highest BCUT2D eigenvalue weighted by molar-refractivity contribution is 9.10. The molecule has 0 aliphatic rings. The van der Waals surface area contributed by atoms with Crippen molar-refractivity contribution in [3.63, 3.8) is 0 Å². The van der Waals surface area contributed by atoms with Crippen LogP contribution in [0.4, 0.5) is 18.9 Å². The summed E-state index contributed by atoms with van der Waals surface area (Å²) in [5, 5.41) is 5.21. The molecule has 0 saturated heterocycles. The maximum atomic E-state index is 12.6. The van der Waals surface area contributed by atoms with E-state index in [-0.39, 0.29) is 11.6 Å². The van der Waals surface area contributed by atoms with Crippen molar-refractivity contribution in [3.05, 3.63) is 64.1 Å². The summed E-state index contributed by atoms with van der Waals surface area (Å²) in [4.78, 5) is 25.0. The molecule has 2 rings (SSSR count). The summed E-state index contributed by atoms with van der Waals surface area (Å²) in [6, 6.07) is 10.1. The Hall–Kier alpha value is -2.35. The number of alkyl halides is 3. The Bertz CT molecular complexity index is 820. The van der Waals surface area contributed by atoms with E-state index in [4.69, 9.17) is 0 Å². The van der Waals surface area contributed by atoms with Gasteiger partial charge < -0.3 is 10.6 Å². The lowest BCUT2D eigenvalue weighted by molar-refractivity contribution is -0.137. The molecular weight excluding hydrogens is 425 g/mol. The minimum Gasteiger partial charge on any atom is -0.340 e. The first kappa shape index (κ1) is 21.0. The van der Waals surface area contributed by atoms with Gasteiger partial charge in [-0.25, -0.2) is 0 Å². The Morgan fingerprint density at radius 1 is 1.00 bits per heavy atom. The van der Waals surface area contributed by atoms with Gasteiger partial charge in [0.2, 0.25) is 5.91 Å². The van der Waals surface area contributed by atoms with E-state index in [0.717, 1.165) is 12.1 Å². The van der Waals surface area contributed by atoms with E-state index in [1.54, 1.807) is 38.1 Å². The highest BCUT2D eigenvalue weighted by atomic mass is 79.9. The van der Waals surface area contributed by atoms with Gasteiger partial charge in [0, 0.05) is 10.2 Å². The van der Waals surface area contributed by atoms with Crippen LogP contribution in [0.1, 0.15) is 29.8 Å². The molecule has 0 unspecified atom stereocenters. The lowest BCUT2D eigenvalue weighted by Crippen LogP contribution is -2.47. The minimum absolute atomic E-state index is 0.216. The average Bonchev–Trinajstić information content (AvgIpc) is 2.59. The molecule has 144 valence electrons. The van der Waals surface area contributed by atoms with Gasteiger partial charge in [0.05, 0.1) is 11.1 Å². The summed E-state index contributed by atoms with van der Waals surface area (Å²) in [7, 11) is 0. The lowest BCUT2D eigenvalue weighted by atomic mass is 10.0. The van der Waals surface area contributed by atoms with Crippen molar-refractivity contribution in [2.45, 2.75) is 26.1 Å². The van der Waals surface area contributed by atoms with E-state index in [1.807, 2.05) is 0 Å². The number of benzene rings is 2. The van der Waals surface area contributed by atoms with Gasteiger partial charge in [-0.1, -0.05) is 26.0 Å². The highest BCUT2D eigenvalue weighted by Gasteiger charge is 2.30. The monoisotopic (exact) mass is 442 g/mol. The molecule has 0 aliphatic carbocycles. The number of rotatable bonds is 5. The van der Waals surface area contributed by atoms with Gasteiger partial charge in [-0.3, -0.25) is 9.59 Å². The van der Waals surface area contributed by atoms with Crippen molar-refractivity contribution >= 4 is 33.4 Å². The molecule has 0 aromatic heterocycles. The number of hydrogen-bond donors (Lipinski definition) is 2. The zero-order chi connectivity index (χ0) is 20.2. The number of carbonyl (C=O) groups is 2.